The number of phenolic OH excluding ortho intramolecular Hbond substituents is 1. The van der Waals surface area contributed by atoms with Gasteiger partial charge in [0.1, 0.15) is 5.75 Å². The number of rotatable bonds is 9. The highest BCUT2D eigenvalue weighted by Gasteiger charge is 2.29. The number of carbonyl (C=O) groups excluding carboxylic acids is 2. The van der Waals surface area contributed by atoms with Crippen LogP contribution in [0.3, 0.4) is 0 Å². The van der Waals surface area contributed by atoms with Gasteiger partial charge in [0.15, 0.2) is 5.78 Å². The van der Waals surface area contributed by atoms with Crippen LogP contribution in [0.15, 0.2) is 24.3 Å². The summed E-state index contributed by atoms with van der Waals surface area (Å²) < 4.78 is 0.105. The van der Waals surface area contributed by atoms with Crippen molar-refractivity contribution in [2.45, 2.75) is 44.4 Å². The van der Waals surface area contributed by atoms with Crippen LogP contribution in [0.5, 0.6) is 5.75 Å². The van der Waals surface area contributed by atoms with E-state index in [0.29, 0.717) is 25.3 Å². The van der Waals surface area contributed by atoms with Crippen molar-refractivity contribution in [1.82, 2.24) is 4.90 Å². The molecule has 2 rings (SSSR count). The predicted octanol–water partition coefficient (Wildman–Crippen LogP) is 4.24. The molecule has 0 unspecified atom stereocenters. The number of hydrogen-bond donors (Lipinski definition) is 2. The van der Waals surface area contributed by atoms with Crippen molar-refractivity contribution in [2.24, 2.45) is 11.7 Å². The average Bonchev–Trinajstić information content (AvgIpc) is 2.97. The lowest BCUT2D eigenvalue weighted by molar-refractivity contribution is -0.137. The first kappa shape index (κ1) is 25.8. The molecule has 1 aliphatic rings. The van der Waals surface area contributed by atoms with E-state index in [1.54, 1.807) is 55.3 Å². The molecule has 1 fully saturated rings. The second kappa shape index (κ2) is 12.5. The van der Waals surface area contributed by atoms with Crippen LogP contribution < -0.4 is 5.73 Å². The molecule has 1 aliphatic heterocycles. The molecule has 1 aromatic carbocycles. The van der Waals surface area contributed by atoms with Gasteiger partial charge in [-0.25, -0.2) is 0 Å². The fraction of sp³-hybridized carbons (Fsp3) is 0.619. The molecule has 168 valence electrons. The molecule has 2 atom stereocenters. The zero-order chi connectivity index (χ0) is 22.1. The Balaban J connectivity index is 2.04. The number of amides is 1. The van der Waals surface area contributed by atoms with Crippen LogP contribution in [0.2, 0.25) is 0 Å². The quantitative estimate of drug-likeness (QED) is 0.500. The number of benzene rings is 1. The number of nitrogens with two attached hydrogens (primary N) is 1. The van der Waals surface area contributed by atoms with Crippen LogP contribution >= 0.6 is 43.2 Å². The monoisotopic (exact) mass is 488 g/mol. The van der Waals surface area contributed by atoms with Crippen molar-refractivity contribution < 1.29 is 14.7 Å². The predicted molar refractivity (Wildman–Crippen MR) is 134 cm³/mol. The van der Waals surface area contributed by atoms with E-state index in [1.807, 2.05) is 17.0 Å². The maximum atomic E-state index is 13.3. The van der Waals surface area contributed by atoms with Crippen LogP contribution in [0.4, 0.5) is 0 Å². The Labute approximate surface area is 195 Å². The molecule has 1 heterocycles. The van der Waals surface area contributed by atoms with Crippen LogP contribution in [0, 0.1) is 5.92 Å². The van der Waals surface area contributed by atoms with E-state index >= 15 is 0 Å². The minimum atomic E-state index is -0.574. The first-order chi connectivity index (χ1) is 14.2. The molecule has 0 aliphatic carbocycles. The zero-order valence-corrected chi connectivity index (χ0v) is 21.1. The fourth-order valence-electron chi connectivity index (χ4n) is 2.94. The topological polar surface area (TPSA) is 83.6 Å². The molecule has 0 spiro atoms. The highest BCUT2D eigenvalue weighted by atomic mass is 33.1. The molecular weight excluding hydrogens is 457 g/mol. The summed E-state index contributed by atoms with van der Waals surface area (Å²) in [6.45, 7) is 7.80. The lowest BCUT2D eigenvalue weighted by Gasteiger charge is -2.26. The van der Waals surface area contributed by atoms with Crippen molar-refractivity contribution in [3.63, 3.8) is 0 Å². The van der Waals surface area contributed by atoms with Gasteiger partial charge in [0, 0.05) is 47.4 Å². The third-order valence-electron chi connectivity index (χ3n) is 4.47. The molecule has 1 saturated heterocycles. The first-order valence-electron chi connectivity index (χ1n) is 10.1. The minimum absolute atomic E-state index is 0.0310. The third-order valence-corrected chi connectivity index (χ3v) is 10.2. The number of carbonyl (C=O) groups is 2. The van der Waals surface area contributed by atoms with E-state index in [2.05, 4.69) is 20.8 Å². The molecular formula is C21H32N2O3S4. The van der Waals surface area contributed by atoms with Gasteiger partial charge in [0.05, 0.1) is 6.04 Å². The van der Waals surface area contributed by atoms with Gasteiger partial charge in [-0.05, 0) is 24.1 Å². The molecule has 1 aromatic rings. The van der Waals surface area contributed by atoms with Gasteiger partial charge in [0.2, 0.25) is 5.91 Å². The lowest BCUT2D eigenvalue weighted by Crippen LogP contribution is -2.42. The molecule has 5 nitrogen and oxygen atoms in total. The van der Waals surface area contributed by atoms with Crippen molar-refractivity contribution >= 4 is 54.9 Å². The van der Waals surface area contributed by atoms with Crippen molar-refractivity contribution in [1.29, 1.82) is 0 Å². The Bertz CT molecular complexity index is 686. The number of aromatic hydroxyl groups is 1. The highest BCUT2D eigenvalue weighted by Crippen LogP contribution is 2.35. The van der Waals surface area contributed by atoms with Crippen LogP contribution in [0.25, 0.3) is 0 Å². The Morgan fingerprint density at radius 3 is 2.33 bits per heavy atom. The molecule has 0 saturated carbocycles. The summed E-state index contributed by atoms with van der Waals surface area (Å²) in [4.78, 5) is 28.0. The third kappa shape index (κ3) is 9.34. The molecule has 1 amide bonds. The van der Waals surface area contributed by atoms with Gasteiger partial charge in [-0.3, -0.25) is 9.59 Å². The Morgan fingerprint density at radius 2 is 1.77 bits per heavy atom. The zero-order valence-electron chi connectivity index (χ0n) is 17.8. The van der Waals surface area contributed by atoms with Crippen molar-refractivity contribution in [2.75, 3.05) is 30.3 Å². The summed E-state index contributed by atoms with van der Waals surface area (Å²) in [5.41, 5.74) is 7.10. The Kier molecular flexibility index (Phi) is 10.8. The van der Waals surface area contributed by atoms with Gasteiger partial charge in [-0.1, -0.05) is 76.1 Å². The summed E-state index contributed by atoms with van der Waals surface area (Å²) in [6.07, 6.45) is 0.622. The molecule has 0 radical (unpaired) electrons. The maximum absolute atomic E-state index is 13.3. The Hall–Kier alpha value is -0.480. The van der Waals surface area contributed by atoms with E-state index in [9.17, 15) is 14.7 Å². The number of ketones is 1. The smallest absolute Gasteiger partial charge is 0.226 e. The van der Waals surface area contributed by atoms with Gasteiger partial charge in [-0.15, -0.1) is 0 Å². The molecule has 9 heteroatoms. The fourth-order valence-corrected chi connectivity index (χ4v) is 7.38. The largest absolute Gasteiger partial charge is 0.508 e. The number of hydrogen-bond acceptors (Lipinski definition) is 8. The minimum Gasteiger partial charge on any atom is -0.508 e. The standard InChI is InChI=1S/C21H32N2O3S4/c1-21(2,3)30-29-14-18(22)19(25)13-16(12-15-4-6-17(24)7-5-15)20(26)23-8-10-27-28-11-9-23/h4-7,16,18,24H,8-14,22H2,1-3H3/t16-,18+/m1/s1. The van der Waals surface area contributed by atoms with E-state index in [1.165, 1.54) is 0 Å². The summed E-state index contributed by atoms with van der Waals surface area (Å²) >= 11 is 0. The molecule has 0 aromatic heterocycles. The summed E-state index contributed by atoms with van der Waals surface area (Å²) in [5.74, 6) is 2.07. The Morgan fingerprint density at radius 1 is 1.17 bits per heavy atom. The van der Waals surface area contributed by atoms with Crippen LogP contribution in [-0.4, -0.2) is 62.8 Å². The van der Waals surface area contributed by atoms with Gasteiger partial charge in [-0.2, -0.15) is 0 Å². The summed E-state index contributed by atoms with van der Waals surface area (Å²) in [7, 11) is 6.90. The van der Waals surface area contributed by atoms with E-state index < -0.39 is 12.0 Å². The normalized spacial score (nSPS) is 17.3. The molecule has 30 heavy (non-hydrogen) atoms. The number of Topliss-reactive ketones (excluding diaryl/α,β-unsaturated/α-hetero) is 1. The highest BCUT2D eigenvalue weighted by molar-refractivity contribution is 8.77. The van der Waals surface area contributed by atoms with Crippen LogP contribution in [-0.2, 0) is 16.0 Å². The van der Waals surface area contributed by atoms with E-state index in [-0.39, 0.29) is 28.6 Å². The van der Waals surface area contributed by atoms with Gasteiger partial charge < -0.3 is 15.7 Å². The van der Waals surface area contributed by atoms with Gasteiger partial charge >= 0.3 is 0 Å². The van der Waals surface area contributed by atoms with Gasteiger partial charge in [0.25, 0.3) is 0 Å². The second-order valence-corrected chi connectivity index (χ2v) is 14.2. The van der Waals surface area contributed by atoms with E-state index in [0.717, 1.165) is 17.1 Å². The summed E-state index contributed by atoms with van der Waals surface area (Å²) in [5, 5.41) is 9.54. The molecule has 3 N–H and O–H groups in total. The van der Waals surface area contributed by atoms with E-state index in [4.69, 9.17) is 5.73 Å². The SMILES string of the molecule is CC(C)(C)SSC[C@H](N)C(=O)C[C@@H](Cc1ccc(O)cc1)C(=O)N1CCSSCC1. The van der Waals surface area contributed by atoms with Crippen molar-refractivity contribution in [3.8, 4) is 5.75 Å². The second-order valence-electron chi connectivity index (χ2n) is 8.29. The summed E-state index contributed by atoms with van der Waals surface area (Å²) in [6, 6.07) is 6.28. The number of nitrogens with zero attached hydrogens (tertiary/aromatic N) is 1. The van der Waals surface area contributed by atoms with Crippen molar-refractivity contribution in [3.05, 3.63) is 29.8 Å². The maximum Gasteiger partial charge on any atom is 0.226 e. The van der Waals surface area contributed by atoms with Crippen LogP contribution in [0.1, 0.15) is 32.8 Å². The lowest BCUT2D eigenvalue weighted by atomic mass is 9.91. The average molecular weight is 489 g/mol. The first-order valence-corrected chi connectivity index (χ1v) is 14.9. The number of phenols is 1. The molecule has 0 bridgehead atoms.